The number of nitrogens with one attached hydrogen (secondary N) is 2. The molecule has 0 unspecified atom stereocenters. The van der Waals surface area contributed by atoms with E-state index in [0.29, 0.717) is 22.7 Å². The van der Waals surface area contributed by atoms with Crippen LogP contribution in [0.15, 0.2) is 66.2 Å². The SMILES string of the molecule is Cc1ccc(NC(=O)COc2ccc(/C=C(\C#N)C(=O)Nc3ccc(C)cc3C)cc2Cl)cc1. The standard InChI is InChI=1S/C27H24ClN3O3/c1-17-4-8-22(9-5-17)30-26(32)16-34-25-11-7-20(14-23(25)28)13-21(15-29)27(33)31-24-10-6-18(2)12-19(24)3/h4-14H,16H2,1-3H3,(H,30,32)(H,31,33)/b21-13+. The van der Waals surface area contributed by atoms with Gasteiger partial charge in [-0.05, 0) is 68.3 Å². The number of carbonyl (C=O) groups is 2. The highest BCUT2D eigenvalue weighted by Crippen LogP contribution is 2.27. The van der Waals surface area contributed by atoms with Crippen LogP contribution in [0, 0.1) is 32.1 Å². The van der Waals surface area contributed by atoms with Gasteiger partial charge >= 0.3 is 0 Å². The number of aryl methyl sites for hydroxylation is 3. The third-order valence-corrected chi connectivity index (χ3v) is 5.25. The Bertz CT molecular complexity index is 1290. The van der Waals surface area contributed by atoms with Gasteiger partial charge in [0.05, 0.1) is 5.02 Å². The molecule has 0 saturated carbocycles. The number of hydrogen-bond acceptors (Lipinski definition) is 4. The molecule has 0 saturated heterocycles. The predicted octanol–water partition coefficient (Wildman–Crippen LogP) is 5.83. The Hall–Kier alpha value is -4.08. The average molecular weight is 474 g/mol. The molecule has 3 aromatic carbocycles. The van der Waals surface area contributed by atoms with Gasteiger partial charge in [0.2, 0.25) is 0 Å². The van der Waals surface area contributed by atoms with Crippen LogP contribution in [-0.4, -0.2) is 18.4 Å². The molecule has 3 aromatic rings. The first-order valence-corrected chi connectivity index (χ1v) is 10.9. The highest BCUT2D eigenvalue weighted by atomic mass is 35.5. The summed E-state index contributed by atoms with van der Waals surface area (Å²) in [4.78, 5) is 24.7. The fraction of sp³-hybridized carbons (Fsp3) is 0.148. The fourth-order valence-corrected chi connectivity index (χ4v) is 3.40. The highest BCUT2D eigenvalue weighted by Gasteiger charge is 2.12. The number of anilines is 2. The van der Waals surface area contributed by atoms with Crippen molar-refractivity contribution in [1.82, 2.24) is 0 Å². The molecule has 34 heavy (non-hydrogen) atoms. The van der Waals surface area contributed by atoms with Crippen molar-refractivity contribution >= 4 is 40.9 Å². The fourth-order valence-electron chi connectivity index (χ4n) is 3.16. The third kappa shape index (κ3) is 6.71. The Kier molecular flexibility index (Phi) is 8.07. The molecule has 3 rings (SSSR count). The van der Waals surface area contributed by atoms with Crippen molar-refractivity contribution in [3.8, 4) is 11.8 Å². The van der Waals surface area contributed by atoms with Crippen molar-refractivity contribution in [1.29, 1.82) is 5.26 Å². The molecule has 0 aliphatic heterocycles. The van der Waals surface area contributed by atoms with Crippen LogP contribution in [0.5, 0.6) is 5.75 Å². The molecule has 0 bridgehead atoms. The first-order valence-electron chi connectivity index (χ1n) is 10.5. The maximum atomic E-state index is 12.6. The van der Waals surface area contributed by atoms with Gasteiger partial charge in [-0.2, -0.15) is 5.26 Å². The molecule has 172 valence electrons. The van der Waals surface area contributed by atoms with Crippen molar-refractivity contribution in [3.63, 3.8) is 0 Å². The third-order valence-electron chi connectivity index (χ3n) is 4.96. The van der Waals surface area contributed by atoms with Gasteiger partial charge in [-0.3, -0.25) is 9.59 Å². The van der Waals surface area contributed by atoms with E-state index >= 15 is 0 Å². The lowest BCUT2D eigenvalue weighted by Gasteiger charge is -2.10. The van der Waals surface area contributed by atoms with Crippen LogP contribution in [0.1, 0.15) is 22.3 Å². The summed E-state index contributed by atoms with van der Waals surface area (Å²) in [5, 5.41) is 15.2. The van der Waals surface area contributed by atoms with Crippen LogP contribution in [0.3, 0.4) is 0 Å². The zero-order valence-electron chi connectivity index (χ0n) is 19.1. The van der Waals surface area contributed by atoms with Gasteiger partial charge in [-0.25, -0.2) is 0 Å². The number of rotatable bonds is 7. The van der Waals surface area contributed by atoms with E-state index in [2.05, 4.69) is 10.6 Å². The molecule has 6 nitrogen and oxygen atoms in total. The molecule has 0 aliphatic rings. The lowest BCUT2D eigenvalue weighted by atomic mass is 10.1. The van der Waals surface area contributed by atoms with Gasteiger partial charge in [0.1, 0.15) is 17.4 Å². The predicted molar refractivity (Wildman–Crippen MR) is 135 cm³/mol. The smallest absolute Gasteiger partial charge is 0.266 e. The summed E-state index contributed by atoms with van der Waals surface area (Å²) in [6.07, 6.45) is 1.44. The summed E-state index contributed by atoms with van der Waals surface area (Å²) in [5.41, 5.74) is 4.88. The second-order valence-corrected chi connectivity index (χ2v) is 8.24. The molecule has 0 aromatic heterocycles. The lowest BCUT2D eigenvalue weighted by molar-refractivity contribution is -0.118. The number of ether oxygens (including phenoxy) is 1. The van der Waals surface area contributed by atoms with Crippen molar-refractivity contribution < 1.29 is 14.3 Å². The summed E-state index contributed by atoms with van der Waals surface area (Å²) in [7, 11) is 0. The summed E-state index contributed by atoms with van der Waals surface area (Å²) >= 11 is 6.29. The van der Waals surface area contributed by atoms with Gasteiger partial charge in [-0.1, -0.05) is 53.1 Å². The van der Waals surface area contributed by atoms with Gasteiger partial charge in [0, 0.05) is 11.4 Å². The Morgan fingerprint density at radius 1 is 0.971 bits per heavy atom. The van der Waals surface area contributed by atoms with Crippen molar-refractivity contribution in [2.75, 3.05) is 17.2 Å². The second kappa shape index (κ2) is 11.2. The zero-order valence-corrected chi connectivity index (χ0v) is 19.9. The molecule has 2 N–H and O–H groups in total. The Morgan fingerprint density at radius 2 is 1.68 bits per heavy atom. The Morgan fingerprint density at radius 3 is 2.32 bits per heavy atom. The van der Waals surface area contributed by atoms with E-state index < -0.39 is 5.91 Å². The minimum Gasteiger partial charge on any atom is -0.482 e. The summed E-state index contributed by atoms with van der Waals surface area (Å²) < 4.78 is 5.52. The topological polar surface area (TPSA) is 91.2 Å². The quantitative estimate of drug-likeness (QED) is 0.333. The van der Waals surface area contributed by atoms with Crippen LogP contribution < -0.4 is 15.4 Å². The number of halogens is 1. The molecule has 0 atom stereocenters. The molecule has 2 amide bonds. The molecule has 7 heteroatoms. The number of nitriles is 1. The van der Waals surface area contributed by atoms with Crippen LogP contribution in [0.2, 0.25) is 5.02 Å². The van der Waals surface area contributed by atoms with E-state index in [1.165, 1.54) is 6.08 Å². The Labute approximate surface area is 203 Å². The van der Waals surface area contributed by atoms with E-state index in [1.54, 1.807) is 24.3 Å². The Balaban J connectivity index is 1.64. The number of carbonyl (C=O) groups excluding carboxylic acids is 2. The maximum absolute atomic E-state index is 12.6. The molecule has 0 fully saturated rings. The van der Waals surface area contributed by atoms with Crippen LogP contribution in [-0.2, 0) is 9.59 Å². The number of nitrogens with zero attached hydrogens (tertiary/aromatic N) is 1. The molecule has 0 radical (unpaired) electrons. The van der Waals surface area contributed by atoms with Gasteiger partial charge in [0.15, 0.2) is 6.61 Å². The number of benzene rings is 3. The molecular weight excluding hydrogens is 450 g/mol. The summed E-state index contributed by atoms with van der Waals surface area (Å²) in [5.74, 6) is -0.520. The van der Waals surface area contributed by atoms with Crippen LogP contribution >= 0.6 is 11.6 Å². The van der Waals surface area contributed by atoms with Crippen molar-refractivity contribution in [3.05, 3.63) is 93.5 Å². The van der Waals surface area contributed by atoms with E-state index in [9.17, 15) is 14.9 Å². The minimum atomic E-state index is -0.515. The number of amides is 2. The van der Waals surface area contributed by atoms with Crippen LogP contribution in [0.4, 0.5) is 11.4 Å². The maximum Gasteiger partial charge on any atom is 0.266 e. The van der Waals surface area contributed by atoms with E-state index in [-0.39, 0.29) is 23.1 Å². The van der Waals surface area contributed by atoms with E-state index in [0.717, 1.165) is 16.7 Å². The zero-order chi connectivity index (χ0) is 24.7. The van der Waals surface area contributed by atoms with E-state index in [1.807, 2.05) is 63.2 Å². The largest absolute Gasteiger partial charge is 0.482 e. The molecule has 0 aliphatic carbocycles. The summed E-state index contributed by atoms with van der Waals surface area (Å²) in [6, 6.07) is 19.8. The lowest BCUT2D eigenvalue weighted by Crippen LogP contribution is -2.20. The molecule has 0 spiro atoms. The van der Waals surface area contributed by atoms with Crippen molar-refractivity contribution in [2.24, 2.45) is 0 Å². The normalized spacial score (nSPS) is 10.9. The number of hydrogen-bond donors (Lipinski definition) is 2. The first-order chi connectivity index (χ1) is 16.2. The van der Waals surface area contributed by atoms with Gasteiger partial charge in [-0.15, -0.1) is 0 Å². The van der Waals surface area contributed by atoms with Gasteiger partial charge < -0.3 is 15.4 Å². The highest BCUT2D eigenvalue weighted by molar-refractivity contribution is 6.32. The molecule has 0 heterocycles. The van der Waals surface area contributed by atoms with Crippen LogP contribution in [0.25, 0.3) is 6.08 Å². The average Bonchev–Trinajstić information content (AvgIpc) is 2.80. The summed E-state index contributed by atoms with van der Waals surface area (Å²) in [6.45, 7) is 5.60. The first kappa shape index (κ1) is 24.6. The van der Waals surface area contributed by atoms with Gasteiger partial charge in [0.25, 0.3) is 11.8 Å². The second-order valence-electron chi connectivity index (χ2n) is 7.84. The van der Waals surface area contributed by atoms with Crippen molar-refractivity contribution in [2.45, 2.75) is 20.8 Å². The minimum absolute atomic E-state index is 0.0674. The van der Waals surface area contributed by atoms with E-state index in [4.69, 9.17) is 16.3 Å². The molecular formula is C27H24ClN3O3. The monoisotopic (exact) mass is 473 g/mol.